The van der Waals surface area contributed by atoms with Crippen LogP contribution in [0.1, 0.15) is 12.8 Å². The van der Waals surface area contributed by atoms with Gasteiger partial charge in [-0.2, -0.15) is 0 Å². The number of rotatable bonds is 6. The zero-order valence-corrected chi connectivity index (χ0v) is 14.4. The molecule has 0 bridgehead atoms. The lowest BCUT2D eigenvalue weighted by Gasteiger charge is -2.32. The summed E-state index contributed by atoms with van der Waals surface area (Å²) in [6, 6.07) is 13.0. The number of nitrogens with one attached hydrogen (secondary N) is 1. The first-order valence-electron chi connectivity index (χ1n) is 8.51. The number of ether oxygens (including phenoxy) is 2. The number of benzene rings is 1. The summed E-state index contributed by atoms with van der Waals surface area (Å²) >= 11 is 0. The Kier molecular flexibility index (Phi) is 5.85. The quantitative estimate of drug-likeness (QED) is 0.874. The van der Waals surface area contributed by atoms with E-state index >= 15 is 0 Å². The summed E-state index contributed by atoms with van der Waals surface area (Å²) < 4.78 is 11.2. The number of piperidine rings is 1. The fourth-order valence-electron chi connectivity index (χ4n) is 2.81. The molecular formula is C19H23N3O3. The van der Waals surface area contributed by atoms with Crippen LogP contribution < -0.4 is 14.8 Å². The van der Waals surface area contributed by atoms with Gasteiger partial charge in [-0.3, -0.25) is 4.79 Å². The Bertz CT molecular complexity index is 676. The summed E-state index contributed by atoms with van der Waals surface area (Å²) in [6.45, 7) is 1.60. The molecule has 1 saturated heterocycles. The zero-order valence-electron chi connectivity index (χ0n) is 14.4. The SMILES string of the molecule is CNC1CCCN(C(=O)COc2ccc(Oc3ccccn3)cc2)C1. The fraction of sp³-hybridized carbons (Fsp3) is 0.368. The van der Waals surface area contributed by atoms with E-state index in [2.05, 4.69) is 10.3 Å². The zero-order chi connectivity index (χ0) is 17.5. The van der Waals surface area contributed by atoms with E-state index in [1.165, 1.54) is 0 Å². The maximum Gasteiger partial charge on any atom is 0.260 e. The molecule has 1 aromatic carbocycles. The molecule has 1 fully saturated rings. The van der Waals surface area contributed by atoms with Crippen molar-refractivity contribution in [2.75, 3.05) is 26.7 Å². The van der Waals surface area contributed by atoms with Crippen molar-refractivity contribution in [1.82, 2.24) is 15.2 Å². The van der Waals surface area contributed by atoms with Gasteiger partial charge in [0.1, 0.15) is 11.5 Å². The molecule has 2 heterocycles. The molecule has 1 aliphatic heterocycles. The minimum atomic E-state index is 0.0220. The number of pyridine rings is 1. The molecule has 0 aliphatic carbocycles. The Morgan fingerprint density at radius 1 is 1.24 bits per heavy atom. The molecule has 1 aliphatic rings. The van der Waals surface area contributed by atoms with E-state index < -0.39 is 0 Å². The predicted octanol–water partition coefficient (Wildman–Crippen LogP) is 2.46. The molecule has 0 radical (unpaired) electrons. The van der Waals surface area contributed by atoms with Crippen molar-refractivity contribution < 1.29 is 14.3 Å². The number of likely N-dealkylation sites (N-methyl/N-ethyl adjacent to an activating group) is 1. The first kappa shape index (κ1) is 17.2. The van der Waals surface area contributed by atoms with Crippen molar-refractivity contribution in [2.45, 2.75) is 18.9 Å². The lowest BCUT2D eigenvalue weighted by molar-refractivity contribution is -0.134. The highest BCUT2D eigenvalue weighted by molar-refractivity contribution is 5.78. The monoisotopic (exact) mass is 341 g/mol. The highest BCUT2D eigenvalue weighted by Crippen LogP contribution is 2.22. The van der Waals surface area contributed by atoms with E-state index in [0.717, 1.165) is 25.9 Å². The molecule has 0 spiro atoms. The van der Waals surface area contributed by atoms with Crippen LogP contribution in [0, 0.1) is 0 Å². The first-order valence-corrected chi connectivity index (χ1v) is 8.51. The molecule has 132 valence electrons. The maximum atomic E-state index is 12.3. The number of aromatic nitrogens is 1. The van der Waals surface area contributed by atoms with Crippen molar-refractivity contribution in [2.24, 2.45) is 0 Å². The third-order valence-corrected chi connectivity index (χ3v) is 4.23. The number of amides is 1. The summed E-state index contributed by atoms with van der Waals surface area (Å²) in [7, 11) is 1.93. The molecule has 6 heteroatoms. The molecule has 1 aromatic heterocycles. The summed E-state index contributed by atoms with van der Waals surface area (Å²) in [6.07, 6.45) is 3.81. The Labute approximate surface area is 147 Å². The van der Waals surface area contributed by atoms with Gasteiger partial charge in [0.15, 0.2) is 6.61 Å². The van der Waals surface area contributed by atoms with E-state index in [1.54, 1.807) is 36.5 Å². The van der Waals surface area contributed by atoms with Crippen LogP contribution in [-0.4, -0.2) is 48.6 Å². The number of likely N-dealkylation sites (tertiary alicyclic amines) is 1. The van der Waals surface area contributed by atoms with Crippen LogP contribution in [0.5, 0.6) is 17.4 Å². The summed E-state index contributed by atoms with van der Waals surface area (Å²) in [5.41, 5.74) is 0. The van der Waals surface area contributed by atoms with Gasteiger partial charge < -0.3 is 19.7 Å². The molecule has 6 nitrogen and oxygen atoms in total. The van der Waals surface area contributed by atoms with Crippen LogP contribution in [0.3, 0.4) is 0 Å². The number of nitrogens with zero attached hydrogens (tertiary/aromatic N) is 2. The minimum absolute atomic E-state index is 0.0220. The van der Waals surface area contributed by atoms with Gasteiger partial charge in [-0.05, 0) is 50.2 Å². The van der Waals surface area contributed by atoms with Gasteiger partial charge in [0, 0.05) is 31.4 Å². The second-order valence-electron chi connectivity index (χ2n) is 6.00. The maximum absolute atomic E-state index is 12.3. The average Bonchev–Trinajstić information content (AvgIpc) is 2.68. The van der Waals surface area contributed by atoms with Gasteiger partial charge in [-0.15, -0.1) is 0 Å². The van der Waals surface area contributed by atoms with Crippen LogP contribution in [0.25, 0.3) is 0 Å². The average molecular weight is 341 g/mol. The topological polar surface area (TPSA) is 63.7 Å². The summed E-state index contributed by atoms with van der Waals surface area (Å²) in [5.74, 6) is 1.87. The molecule has 2 aromatic rings. The third kappa shape index (κ3) is 4.93. The van der Waals surface area contributed by atoms with E-state index in [4.69, 9.17) is 9.47 Å². The van der Waals surface area contributed by atoms with E-state index in [0.29, 0.717) is 23.4 Å². The van der Waals surface area contributed by atoms with Gasteiger partial charge in [0.2, 0.25) is 5.88 Å². The molecule has 1 unspecified atom stereocenters. The number of carbonyl (C=O) groups excluding carboxylic acids is 1. The second kappa shape index (κ2) is 8.48. The highest BCUT2D eigenvalue weighted by atomic mass is 16.5. The molecule has 1 N–H and O–H groups in total. The van der Waals surface area contributed by atoms with Gasteiger partial charge in [-0.25, -0.2) is 4.98 Å². The Morgan fingerprint density at radius 2 is 2.04 bits per heavy atom. The van der Waals surface area contributed by atoms with Crippen molar-refractivity contribution in [3.8, 4) is 17.4 Å². The van der Waals surface area contributed by atoms with E-state index in [-0.39, 0.29) is 12.5 Å². The van der Waals surface area contributed by atoms with Crippen molar-refractivity contribution in [3.63, 3.8) is 0 Å². The van der Waals surface area contributed by atoms with Crippen molar-refractivity contribution in [3.05, 3.63) is 48.7 Å². The smallest absolute Gasteiger partial charge is 0.260 e. The van der Waals surface area contributed by atoms with Crippen LogP contribution in [0.4, 0.5) is 0 Å². The normalized spacial score (nSPS) is 17.2. The van der Waals surface area contributed by atoms with E-state index in [9.17, 15) is 4.79 Å². The molecular weight excluding hydrogens is 318 g/mol. The fourth-order valence-corrected chi connectivity index (χ4v) is 2.81. The second-order valence-corrected chi connectivity index (χ2v) is 6.00. The van der Waals surface area contributed by atoms with Crippen LogP contribution in [0.15, 0.2) is 48.7 Å². The lowest BCUT2D eigenvalue weighted by atomic mass is 10.1. The molecule has 25 heavy (non-hydrogen) atoms. The predicted molar refractivity (Wildman–Crippen MR) is 94.9 cm³/mol. The Hall–Kier alpha value is -2.60. The van der Waals surface area contributed by atoms with Gasteiger partial charge in [0.05, 0.1) is 0 Å². The van der Waals surface area contributed by atoms with Crippen LogP contribution >= 0.6 is 0 Å². The highest BCUT2D eigenvalue weighted by Gasteiger charge is 2.22. The summed E-state index contributed by atoms with van der Waals surface area (Å²) in [4.78, 5) is 18.3. The van der Waals surface area contributed by atoms with Gasteiger partial charge in [-0.1, -0.05) is 6.07 Å². The third-order valence-electron chi connectivity index (χ3n) is 4.23. The van der Waals surface area contributed by atoms with Crippen LogP contribution in [0.2, 0.25) is 0 Å². The van der Waals surface area contributed by atoms with Gasteiger partial charge in [0.25, 0.3) is 5.91 Å². The largest absolute Gasteiger partial charge is 0.484 e. The molecule has 0 saturated carbocycles. The Balaban J connectivity index is 1.49. The summed E-state index contributed by atoms with van der Waals surface area (Å²) in [5, 5.41) is 3.23. The van der Waals surface area contributed by atoms with E-state index in [1.807, 2.05) is 24.1 Å². The Morgan fingerprint density at radius 3 is 2.76 bits per heavy atom. The number of hydrogen-bond donors (Lipinski definition) is 1. The van der Waals surface area contributed by atoms with Crippen molar-refractivity contribution in [1.29, 1.82) is 0 Å². The lowest BCUT2D eigenvalue weighted by Crippen LogP contribution is -2.48. The first-order chi connectivity index (χ1) is 12.2. The standard InChI is InChI=1S/C19H23N3O3/c1-20-15-5-4-12-22(13-15)19(23)14-24-16-7-9-17(10-8-16)25-18-6-2-3-11-21-18/h2-3,6-11,15,20H,4-5,12-14H2,1H3. The van der Waals surface area contributed by atoms with Crippen LogP contribution in [-0.2, 0) is 4.79 Å². The van der Waals surface area contributed by atoms with Crippen molar-refractivity contribution >= 4 is 5.91 Å². The van der Waals surface area contributed by atoms with Gasteiger partial charge >= 0.3 is 0 Å². The number of hydrogen-bond acceptors (Lipinski definition) is 5. The molecule has 3 rings (SSSR count). The number of carbonyl (C=O) groups is 1. The minimum Gasteiger partial charge on any atom is -0.484 e. The molecule has 1 atom stereocenters. The molecule has 1 amide bonds.